The summed E-state index contributed by atoms with van der Waals surface area (Å²) in [5, 5.41) is 2.32. The van der Waals surface area contributed by atoms with Gasteiger partial charge in [-0.3, -0.25) is 13.9 Å². The Balaban J connectivity index is 1.86. The van der Waals surface area contributed by atoms with Crippen molar-refractivity contribution in [3.05, 3.63) is 130 Å². The highest BCUT2D eigenvalue weighted by Gasteiger charge is 2.37. The maximum absolute atomic E-state index is 14.5. The van der Waals surface area contributed by atoms with Gasteiger partial charge in [-0.1, -0.05) is 96.9 Å². The summed E-state index contributed by atoms with van der Waals surface area (Å²) in [5.41, 5.74) is 0.508. The van der Waals surface area contributed by atoms with E-state index in [0.29, 0.717) is 22.4 Å². The van der Waals surface area contributed by atoms with E-state index in [4.69, 9.17) is 11.6 Å². The van der Waals surface area contributed by atoms with Crippen LogP contribution in [0, 0.1) is 6.92 Å². The lowest BCUT2D eigenvalue weighted by Crippen LogP contribution is -2.54. The maximum atomic E-state index is 14.5. The molecule has 4 aromatic carbocycles. The van der Waals surface area contributed by atoms with Gasteiger partial charge in [-0.2, -0.15) is 13.2 Å². The normalized spacial score (nSPS) is 13.0. The van der Waals surface area contributed by atoms with E-state index in [1.807, 2.05) is 32.0 Å². The van der Waals surface area contributed by atoms with Gasteiger partial charge in [0.25, 0.3) is 10.0 Å². The summed E-state index contributed by atoms with van der Waals surface area (Å²) < 4.78 is 70.8. The van der Waals surface area contributed by atoms with Gasteiger partial charge < -0.3 is 10.2 Å². The molecule has 1 N–H and O–H groups in total. The number of carbonyl (C=O) groups is 2. The van der Waals surface area contributed by atoms with Crippen LogP contribution in [-0.4, -0.2) is 43.8 Å². The summed E-state index contributed by atoms with van der Waals surface area (Å²) in [5.74, 6) is -1.24. The number of alkyl halides is 3. The molecular weight excluding hydrogens is 663 g/mol. The minimum atomic E-state index is -4.90. The Bertz CT molecular complexity index is 1810. The smallest absolute Gasteiger partial charge is 0.352 e. The van der Waals surface area contributed by atoms with Crippen LogP contribution in [0.4, 0.5) is 18.9 Å². The van der Waals surface area contributed by atoms with Crippen LogP contribution >= 0.6 is 11.6 Å². The number of nitrogens with zero attached hydrogens (tertiary/aromatic N) is 2. The van der Waals surface area contributed by atoms with Gasteiger partial charge in [0.1, 0.15) is 12.6 Å². The van der Waals surface area contributed by atoms with Crippen molar-refractivity contribution in [1.82, 2.24) is 10.2 Å². The fraction of sp³-hybridized carbons (Fsp3) is 0.278. The SMILES string of the molecule is CC[C@@H](C)NC(=O)[C@H](Cc1ccccc1)N(Cc1ccccc1)C(=O)CN(c1ccc(Cl)c(C(F)(F)F)c1)S(=O)(=O)c1ccc(C)cc1. The van der Waals surface area contributed by atoms with Crippen LogP contribution in [0.1, 0.15) is 42.5 Å². The first kappa shape index (κ1) is 36.5. The van der Waals surface area contributed by atoms with Gasteiger partial charge in [0.2, 0.25) is 11.8 Å². The van der Waals surface area contributed by atoms with Crippen molar-refractivity contribution < 1.29 is 31.2 Å². The van der Waals surface area contributed by atoms with Crippen LogP contribution in [0.2, 0.25) is 5.02 Å². The number of halogens is 4. The van der Waals surface area contributed by atoms with E-state index in [0.717, 1.165) is 23.3 Å². The Morgan fingerprint density at radius 3 is 2.02 bits per heavy atom. The summed E-state index contributed by atoms with van der Waals surface area (Å²) >= 11 is 5.88. The predicted molar refractivity (Wildman–Crippen MR) is 181 cm³/mol. The molecule has 0 aliphatic carbocycles. The fourth-order valence-corrected chi connectivity index (χ4v) is 6.66. The molecule has 0 fully saturated rings. The highest BCUT2D eigenvalue weighted by molar-refractivity contribution is 7.92. The first-order valence-electron chi connectivity index (χ1n) is 15.3. The van der Waals surface area contributed by atoms with E-state index < -0.39 is 56.9 Å². The lowest BCUT2D eigenvalue weighted by Gasteiger charge is -2.34. The zero-order chi connectivity index (χ0) is 35.1. The number of hydrogen-bond acceptors (Lipinski definition) is 4. The van der Waals surface area contributed by atoms with E-state index >= 15 is 0 Å². The summed E-state index contributed by atoms with van der Waals surface area (Å²) in [6.45, 7) is 4.52. The monoisotopic (exact) mass is 699 g/mol. The van der Waals surface area contributed by atoms with Crippen LogP contribution < -0.4 is 9.62 Å². The van der Waals surface area contributed by atoms with Crippen molar-refractivity contribution in [2.45, 2.75) is 63.3 Å². The number of sulfonamides is 1. The van der Waals surface area contributed by atoms with Crippen LogP contribution in [0.25, 0.3) is 0 Å². The molecule has 2 amide bonds. The fourth-order valence-electron chi connectivity index (χ4n) is 5.03. The number of benzene rings is 4. The Morgan fingerprint density at radius 1 is 0.875 bits per heavy atom. The number of anilines is 1. The molecule has 7 nitrogen and oxygen atoms in total. The van der Waals surface area contributed by atoms with Crippen molar-refractivity contribution in [1.29, 1.82) is 0 Å². The minimum absolute atomic E-state index is 0.0715. The molecule has 4 rings (SSSR count). The molecule has 0 aromatic heterocycles. The maximum Gasteiger partial charge on any atom is 0.417 e. The third-order valence-corrected chi connectivity index (χ3v) is 10.0. The van der Waals surface area contributed by atoms with E-state index in [1.165, 1.54) is 17.0 Å². The molecule has 0 unspecified atom stereocenters. The second-order valence-electron chi connectivity index (χ2n) is 11.5. The molecule has 48 heavy (non-hydrogen) atoms. The van der Waals surface area contributed by atoms with Crippen molar-refractivity contribution >= 4 is 39.1 Å². The molecule has 0 saturated carbocycles. The predicted octanol–water partition coefficient (Wildman–Crippen LogP) is 7.42. The second-order valence-corrected chi connectivity index (χ2v) is 13.8. The highest BCUT2D eigenvalue weighted by atomic mass is 35.5. The topological polar surface area (TPSA) is 86.8 Å². The zero-order valence-electron chi connectivity index (χ0n) is 26.7. The molecule has 2 atom stereocenters. The lowest BCUT2D eigenvalue weighted by molar-refractivity contribution is -0.140. The van der Waals surface area contributed by atoms with Gasteiger partial charge in [0, 0.05) is 19.0 Å². The molecular formula is C36H37ClF3N3O4S. The third-order valence-electron chi connectivity index (χ3n) is 7.90. The summed E-state index contributed by atoms with van der Waals surface area (Å²) in [7, 11) is -4.60. The first-order valence-corrected chi connectivity index (χ1v) is 17.2. The van der Waals surface area contributed by atoms with Gasteiger partial charge in [0.05, 0.1) is 21.2 Å². The Labute approximate surface area is 284 Å². The highest BCUT2D eigenvalue weighted by Crippen LogP contribution is 2.38. The molecule has 12 heteroatoms. The molecule has 0 bridgehead atoms. The molecule has 0 radical (unpaired) electrons. The Hall–Kier alpha value is -4.35. The zero-order valence-corrected chi connectivity index (χ0v) is 28.3. The molecule has 0 aliphatic heterocycles. The molecule has 254 valence electrons. The number of amides is 2. The van der Waals surface area contributed by atoms with Crippen LogP contribution in [0.15, 0.2) is 108 Å². The van der Waals surface area contributed by atoms with Crippen molar-refractivity contribution in [2.75, 3.05) is 10.8 Å². The van der Waals surface area contributed by atoms with E-state index in [2.05, 4.69) is 5.32 Å². The summed E-state index contributed by atoms with van der Waals surface area (Å²) in [6, 6.07) is 25.0. The van der Waals surface area contributed by atoms with E-state index in [-0.39, 0.29) is 23.9 Å². The van der Waals surface area contributed by atoms with Crippen molar-refractivity contribution in [3.63, 3.8) is 0 Å². The standard InChI is InChI=1S/C36H37ClF3N3O4S/c1-4-26(3)41-35(45)33(21-27-11-7-5-8-12-27)42(23-28-13-9-6-10-14-28)34(44)24-43(48(46,47)30-18-15-25(2)16-19-30)29-17-20-32(37)31(22-29)36(38,39)40/h5-20,22,26,33H,4,21,23-24H2,1-3H3,(H,41,45)/t26-,33+/m1/s1. The van der Waals surface area contributed by atoms with Gasteiger partial charge in [0.15, 0.2) is 0 Å². The van der Waals surface area contributed by atoms with Gasteiger partial charge in [-0.25, -0.2) is 8.42 Å². The van der Waals surface area contributed by atoms with Crippen molar-refractivity contribution in [3.8, 4) is 0 Å². The van der Waals surface area contributed by atoms with Crippen LogP contribution in [0.3, 0.4) is 0 Å². The average Bonchev–Trinajstić information content (AvgIpc) is 3.06. The second kappa shape index (κ2) is 15.7. The lowest BCUT2D eigenvalue weighted by atomic mass is 10.0. The Morgan fingerprint density at radius 2 is 1.46 bits per heavy atom. The van der Waals surface area contributed by atoms with Gasteiger partial charge in [-0.05, 0) is 61.7 Å². The number of aryl methyl sites for hydroxylation is 1. The summed E-state index contributed by atoms with van der Waals surface area (Å²) in [6.07, 6.45) is -4.17. The number of carbonyl (C=O) groups excluding carboxylic acids is 2. The number of hydrogen-bond donors (Lipinski definition) is 1. The van der Waals surface area contributed by atoms with Crippen LogP contribution in [0.5, 0.6) is 0 Å². The van der Waals surface area contributed by atoms with Gasteiger partial charge in [-0.15, -0.1) is 0 Å². The van der Waals surface area contributed by atoms with E-state index in [9.17, 15) is 31.2 Å². The number of rotatable bonds is 13. The van der Waals surface area contributed by atoms with E-state index in [1.54, 1.807) is 61.5 Å². The Kier molecular flexibility index (Phi) is 11.9. The average molecular weight is 700 g/mol. The molecule has 4 aromatic rings. The van der Waals surface area contributed by atoms with Gasteiger partial charge >= 0.3 is 6.18 Å². The first-order chi connectivity index (χ1) is 22.7. The molecule has 0 aliphatic rings. The van der Waals surface area contributed by atoms with Crippen LogP contribution in [-0.2, 0) is 38.8 Å². The quantitative estimate of drug-likeness (QED) is 0.157. The number of nitrogens with one attached hydrogen (secondary N) is 1. The van der Waals surface area contributed by atoms with Crippen molar-refractivity contribution in [2.24, 2.45) is 0 Å². The summed E-state index contributed by atoms with van der Waals surface area (Å²) in [4.78, 5) is 29.4. The molecule has 0 saturated heterocycles. The molecule has 0 spiro atoms. The largest absolute Gasteiger partial charge is 0.417 e. The minimum Gasteiger partial charge on any atom is -0.352 e. The molecule has 0 heterocycles. The third kappa shape index (κ3) is 9.17.